The molecule has 0 spiro atoms. The molecular formula is C26H38O2. The van der Waals surface area contributed by atoms with E-state index in [0.717, 1.165) is 32.1 Å². The maximum Gasteiger partial charge on any atom is 0.115 e. The molecule has 0 aliphatic heterocycles. The first-order valence-corrected chi connectivity index (χ1v) is 11.6. The Labute approximate surface area is 171 Å². The molecule has 1 aromatic rings. The molecule has 0 heterocycles. The lowest BCUT2D eigenvalue weighted by molar-refractivity contribution is -0.0812. The van der Waals surface area contributed by atoms with Crippen LogP contribution in [0.15, 0.2) is 30.9 Å². The van der Waals surface area contributed by atoms with Gasteiger partial charge in [-0.15, -0.1) is 6.58 Å². The number of rotatable bonds is 6. The molecule has 28 heavy (non-hydrogen) atoms. The van der Waals surface area contributed by atoms with Gasteiger partial charge in [0, 0.05) is 0 Å². The number of fused-ring (bicyclic) bond motifs is 5. The zero-order valence-electron chi connectivity index (χ0n) is 17.8. The van der Waals surface area contributed by atoms with Crippen LogP contribution in [-0.2, 0) is 6.42 Å². The maximum absolute atomic E-state index is 11.0. The van der Waals surface area contributed by atoms with Crippen LogP contribution in [0.2, 0.25) is 0 Å². The summed E-state index contributed by atoms with van der Waals surface area (Å²) in [5, 5.41) is 21.0. The van der Waals surface area contributed by atoms with Crippen molar-refractivity contribution in [3.63, 3.8) is 0 Å². The van der Waals surface area contributed by atoms with E-state index in [1.54, 1.807) is 0 Å². The van der Waals surface area contributed by atoms with E-state index in [0.29, 0.717) is 23.5 Å². The van der Waals surface area contributed by atoms with Crippen molar-refractivity contribution < 1.29 is 10.2 Å². The molecule has 2 heteroatoms. The van der Waals surface area contributed by atoms with E-state index in [4.69, 9.17) is 0 Å². The van der Waals surface area contributed by atoms with Gasteiger partial charge >= 0.3 is 0 Å². The van der Waals surface area contributed by atoms with Gasteiger partial charge in [-0.1, -0.05) is 51.7 Å². The normalized spacial score (nSPS) is 39.1. The highest BCUT2D eigenvalue weighted by atomic mass is 16.3. The molecule has 0 saturated heterocycles. The summed E-state index contributed by atoms with van der Waals surface area (Å²) >= 11 is 0. The number of aromatic hydroxyl groups is 1. The standard InChI is InChI=1S/C26H38O2/c1-4-6-7-8-9-19-17-25(3)22(12-13-23(25)28)26(5-2)15-14-18-16-20(27)10-11-21(18)24(19)26/h5,10-11,16,19,22-24,27-28H,2,4,6-9,12-15,17H2,1,3H3. The highest BCUT2D eigenvalue weighted by molar-refractivity contribution is 5.43. The monoisotopic (exact) mass is 382 g/mol. The topological polar surface area (TPSA) is 40.5 Å². The molecule has 0 amide bonds. The van der Waals surface area contributed by atoms with Crippen LogP contribution in [0.25, 0.3) is 0 Å². The Balaban J connectivity index is 1.76. The van der Waals surface area contributed by atoms with Crippen LogP contribution in [0.3, 0.4) is 0 Å². The third kappa shape index (κ3) is 2.95. The van der Waals surface area contributed by atoms with E-state index in [1.807, 2.05) is 12.1 Å². The highest BCUT2D eigenvalue weighted by Gasteiger charge is 2.63. The van der Waals surface area contributed by atoms with E-state index in [-0.39, 0.29) is 16.9 Å². The Kier molecular flexibility index (Phi) is 5.37. The molecule has 0 radical (unpaired) electrons. The summed E-state index contributed by atoms with van der Waals surface area (Å²) in [6.07, 6.45) is 13.8. The quantitative estimate of drug-likeness (QED) is 0.444. The van der Waals surface area contributed by atoms with Crippen LogP contribution in [0.4, 0.5) is 0 Å². The van der Waals surface area contributed by atoms with Crippen LogP contribution >= 0.6 is 0 Å². The second-order valence-corrected chi connectivity index (χ2v) is 10.1. The lowest BCUT2D eigenvalue weighted by Gasteiger charge is -2.60. The minimum atomic E-state index is -0.172. The minimum absolute atomic E-state index is 0.0224. The molecule has 4 rings (SSSR count). The lowest BCUT2D eigenvalue weighted by Crippen LogP contribution is -2.54. The van der Waals surface area contributed by atoms with Crippen molar-refractivity contribution in [1.29, 1.82) is 0 Å². The number of phenolic OH excluding ortho intramolecular Hbond substituents is 1. The van der Waals surface area contributed by atoms with Gasteiger partial charge in [-0.3, -0.25) is 0 Å². The highest BCUT2D eigenvalue weighted by Crippen LogP contribution is 2.69. The van der Waals surface area contributed by atoms with Gasteiger partial charge < -0.3 is 10.2 Å². The van der Waals surface area contributed by atoms with Gasteiger partial charge in [0.05, 0.1) is 6.10 Å². The molecule has 154 valence electrons. The second kappa shape index (κ2) is 7.52. The summed E-state index contributed by atoms with van der Waals surface area (Å²) in [6, 6.07) is 6.07. The Hall–Kier alpha value is -1.28. The van der Waals surface area contributed by atoms with Crippen molar-refractivity contribution in [3.8, 4) is 5.75 Å². The van der Waals surface area contributed by atoms with Crippen molar-refractivity contribution in [1.82, 2.24) is 0 Å². The van der Waals surface area contributed by atoms with Gasteiger partial charge in [0.1, 0.15) is 5.75 Å². The Morgan fingerprint density at radius 1 is 1.21 bits per heavy atom. The molecule has 3 aliphatic rings. The summed E-state index contributed by atoms with van der Waals surface area (Å²) < 4.78 is 0. The molecule has 6 unspecified atom stereocenters. The van der Waals surface area contributed by atoms with Gasteiger partial charge in [0.15, 0.2) is 0 Å². The molecule has 2 saturated carbocycles. The molecule has 0 aromatic heterocycles. The fourth-order valence-corrected chi connectivity index (χ4v) is 7.53. The Morgan fingerprint density at radius 3 is 2.79 bits per heavy atom. The first-order valence-electron chi connectivity index (χ1n) is 11.6. The van der Waals surface area contributed by atoms with E-state index < -0.39 is 0 Å². The van der Waals surface area contributed by atoms with E-state index in [9.17, 15) is 10.2 Å². The van der Waals surface area contributed by atoms with Crippen molar-refractivity contribution in [2.45, 2.75) is 90.1 Å². The average molecular weight is 383 g/mol. The molecule has 3 aliphatic carbocycles. The summed E-state index contributed by atoms with van der Waals surface area (Å²) in [4.78, 5) is 0. The summed E-state index contributed by atoms with van der Waals surface area (Å²) in [7, 11) is 0. The number of aliphatic hydroxyl groups is 1. The fraction of sp³-hybridized carbons (Fsp3) is 0.692. The number of aliphatic hydroxyl groups excluding tert-OH is 1. The molecule has 2 N–H and O–H groups in total. The maximum atomic E-state index is 11.0. The summed E-state index contributed by atoms with van der Waals surface area (Å²) in [5.41, 5.74) is 2.90. The Bertz CT molecular complexity index is 725. The molecule has 2 nitrogen and oxygen atoms in total. The third-order valence-electron chi connectivity index (χ3n) is 8.78. The predicted molar refractivity (Wildman–Crippen MR) is 116 cm³/mol. The van der Waals surface area contributed by atoms with Crippen molar-refractivity contribution in [2.75, 3.05) is 0 Å². The molecule has 2 fully saturated rings. The van der Waals surface area contributed by atoms with E-state index >= 15 is 0 Å². The van der Waals surface area contributed by atoms with Crippen molar-refractivity contribution in [3.05, 3.63) is 42.0 Å². The van der Waals surface area contributed by atoms with Crippen LogP contribution in [-0.4, -0.2) is 16.3 Å². The van der Waals surface area contributed by atoms with Crippen LogP contribution in [0, 0.1) is 22.7 Å². The lowest BCUT2D eigenvalue weighted by atomic mass is 9.44. The van der Waals surface area contributed by atoms with Gasteiger partial charge in [0.2, 0.25) is 0 Å². The van der Waals surface area contributed by atoms with E-state index in [2.05, 4.69) is 32.6 Å². The third-order valence-corrected chi connectivity index (χ3v) is 8.78. The predicted octanol–water partition coefficient (Wildman–Crippen LogP) is 6.36. The number of allylic oxidation sites excluding steroid dienone is 1. The van der Waals surface area contributed by atoms with Gasteiger partial charge in [-0.25, -0.2) is 0 Å². The zero-order chi connectivity index (χ0) is 19.9. The minimum Gasteiger partial charge on any atom is -0.508 e. The Morgan fingerprint density at radius 2 is 2.04 bits per heavy atom. The summed E-state index contributed by atoms with van der Waals surface area (Å²) in [6.45, 7) is 9.01. The largest absolute Gasteiger partial charge is 0.508 e. The first kappa shape index (κ1) is 20.0. The SMILES string of the molecule is C=CC12CCc3cc(O)ccc3C1C(CCCCCC)CC1(C)C(O)CCC12. The summed E-state index contributed by atoms with van der Waals surface area (Å²) in [5.74, 6) is 1.99. The number of hydrogen-bond acceptors (Lipinski definition) is 2. The zero-order valence-corrected chi connectivity index (χ0v) is 17.8. The molecular weight excluding hydrogens is 344 g/mol. The first-order chi connectivity index (χ1) is 13.5. The number of unbranched alkanes of at least 4 members (excludes halogenated alkanes) is 3. The number of aryl methyl sites for hydroxylation is 1. The molecule has 6 atom stereocenters. The van der Waals surface area contributed by atoms with E-state index in [1.165, 1.54) is 43.2 Å². The molecule has 1 aromatic carbocycles. The average Bonchev–Trinajstić information content (AvgIpc) is 2.99. The van der Waals surface area contributed by atoms with Crippen LogP contribution in [0.1, 0.15) is 88.7 Å². The smallest absolute Gasteiger partial charge is 0.115 e. The van der Waals surface area contributed by atoms with Crippen LogP contribution in [0.5, 0.6) is 5.75 Å². The van der Waals surface area contributed by atoms with Crippen molar-refractivity contribution in [2.24, 2.45) is 22.7 Å². The number of benzene rings is 1. The van der Waals surface area contributed by atoms with Crippen LogP contribution < -0.4 is 0 Å². The van der Waals surface area contributed by atoms with Gasteiger partial charge in [-0.2, -0.15) is 0 Å². The van der Waals surface area contributed by atoms with Crippen molar-refractivity contribution >= 4 is 0 Å². The fourth-order valence-electron chi connectivity index (χ4n) is 7.53. The molecule has 0 bridgehead atoms. The van der Waals surface area contributed by atoms with Gasteiger partial charge in [-0.05, 0) is 90.4 Å². The van der Waals surface area contributed by atoms with Gasteiger partial charge in [0.25, 0.3) is 0 Å². The number of phenols is 1. The second-order valence-electron chi connectivity index (χ2n) is 10.1. The number of hydrogen-bond donors (Lipinski definition) is 2.